The molecule has 10 nitrogen and oxygen atoms in total. The maximum absolute atomic E-state index is 12.5. The van der Waals surface area contributed by atoms with Gasteiger partial charge in [-0.05, 0) is 89.5 Å². The summed E-state index contributed by atoms with van der Waals surface area (Å²) in [6, 6.07) is 8.32. The van der Waals surface area contributed by atoms with Crippen molar-refractivity contribution in [1.82, 2.24) is 14.5 Å². The van der Waals surface area contributed by atoms with Gasteiger partial charge in [0.25, 0.3) is 5.91 Å². The van der Waals surface area contributed by atoms with Crippen molar-refractivity contribution in [3.8, 4) is 0 Å². The second-order valence-corrected chi connectivity index (χ2v) is 9.38. The molecule has 1 aromatic heterocycles. The van der Waals surface area contributed by atoms with E-state index in [0.717, 1.165) is 45.3 Å². The number of anilines is 2. The number of piperidine rings is 1. The first-order valence-electron chi connectivity index (χ1n) is 11.7. The number of benzene rings is 1. The van der Waals surface area contributed by atoms with Crippen LogP contribution < -0.4 is 27.8 Å². The highest BCUT2D eigenvalue weighted by Gasteiger charge is 2.21. The fourth-order valence-electron chi connectivity index (χ4n) is 3.65. The molecule has 10 heteroatoms. The minimum Gasteiger partial charge on any atom is -0.328 e. The molecule has 0 unspecified atom stereocenters. The van der Waals surface area contributed by atoms with Crippen molar-refractivity contribution >= 4 is 23.3 Å². The minimum atomic E-state index is -1.01. The number of nitrogens with zero attached hydrogens (tertiary/aromatic N) is 3. The van der Waals surface area contributed by atoms with Gasteiger partial charge in [-0.3, -0.25) is 14.2 Å². The number of hydrogen-bond acceptors (Lipinski definition) is 7. The fraction of sp³-hybridized carbons (Fsp3) is 0.500. The van der Waals surface area contributed by atoms with E-state index in [1.807, 2.05) is 0 Å². The molecule has 1 fully saturated rings. The van der Waals surface area contributed by atoms with Crippen LogP contribution in [0.2, 0.25) is 0 Å². The number of rotatable bonds is 9. The Morgan fingerprint density at radius 2 is 1.71 bits per heavy atom. The summed E-state index contributed by atoms with van der Waals surface area (Å²) in [5, 5.41) is 5.33. The molecule has 0 atom stereocenters. The molecule has 0 spiro atoms. The van der Waals surface area contributed by atoms with Crippen LogP contribution >= 0.6 is 0 Å². The van der Waals surface area contributed by atoms with Crippen LogP contribution in [0.25, 0.3) is 0 Å². The van der Waals surface area contributed by atoms with E-state index in [4.69, 9.17) is 11.5 Å². The number of nitrogens with two attached hydrogens (primary N) is 2. The van der Waals surface area contributed by atoms with E-state index < -0.39 is 17.1 Å². The van der Waals surface area contributed by atoms with Gasteiger partial charge in [0, 0.05) is 30.0 Å². The van der Waals surface area contributed by atoms with Crippen molar-refractivity contribution in [3.05, 3.63) is 52.6 Å². The Morgan fingerprint density at radius 3 is 2.32 bits per heavy atom. The molecular weight excluding hydrogens is 434 g/mol. The summed E-state index contributed by atoms with van der Waals surface area (Å²) in [4.78, 5) is 43.2. The molecular formula is C24H35N7O3. The van der Waals surface area contributed by atoms with Crippen LogP contribution in [-0.4, -0.2) is 57.5 Å². The number of carbonyl (C=O) groups is 2. The molecule has 34 heavy (non-hydrogen) atoms. The highest BCUT2D eigenvalue weighted by molar-refractivity contribution is 6.04. The normalized spacial score (nSPS) is 15.2. The van der Waals surface area contributed by atoms with Crippen LogP contribution in [0.5, 0.6) is 0 Å². The van der Waals surface area contributed by atoms with Gasteiger partial charge in [-0.2, -0.15) is 4.98 Å². The van der Waals surface area contributed by atoms with Gasteiger partial charge in [0.1, 0.15) is 5.82 Å². The second kappa shape index (κ2) is 11.4. The number of unbranched alkanes of at least 4 members (excludes halogenated alkanes) is 1. The molecule has 1 aliphatic heterocycles. The quantitative estimate of drug-likeness (QED) is 0.405. The predicted octanol–water partition coefficient (Wildman–Crippen LogP) is 1.37. The van der Waals surface area contributed by atoms with Gasteiger partial charge in [-0.15, -0.1) is 0 Å². The van der Waals surface area contributed by atoms with Crippen LogP contribution in [-0.2, 0) is 11.3 Å². The van der Waals surface area contributed by atoms with Crippen molar-refractivity contribution in [2.24, 2.45) is 11.5 Å². The monoisotopic (exact) mass is 469 g/mol. The maximum atomic E-state index is 12.5. The van der Waals surface area contributed by atoms with Crippen LogP contribution in [0.4, 0.5) is 11.5 Å². The van der Waals surface area contributed by atoms with E-state index in [1.54, 1.807) is 54.9 Å². The van der Waals surface area contributed by atoms with Gasteiger partial charge >= 0.3 is 5.69 Å². The Morgan fingerprint density at radius 1 is 1.06 bits per heavy atom. The number of aromatic nitrogens is 2. The topological polar surface area (TPSA) is 148 Å². The average molecular weight is 470 g/mol. The lowest BCUT2D eigenvalue weighted by atomic mass is 10.1. The summed E-state index contributed by atoms with van der Waals surface area (Å²) in [7, 11) is 0. The first kappa shape index (κ1) is 25.5. The molecule has 1 saturated heterocycles. The lowest BCUT2D eigenvalue weighted by Crippen LogP contribution is -2.45. The Labute approximate surface area is 199 Å². The van der Waals surface area contributed by atoms with Crippen LogP contribution in [0, 0.1) is 0 Å². The Bertz CT molecular complexity index is 1040. The van der Waals surface area contributed by atoms with Crippen LogP contribution in [0.15, 0.2) is 41.3 Å². The van der Waals surface area contributed by atoms with E-state index in [0.29, 0.717) is 23.8 Å². The Balaban J connectivity index is 1.47. The third-order valence-electron chi connectivity index (χ3n) is 5.86. The van der Waals surface area contributed by atoms with Crippen molar-refractivity contribution in [2.45, 2.75) is 57.7 Å². The smallest absolute Gasteiger partial charge is 0.328 e. The number of nitrogens with one attached hydrogen (secondary N) is 2. The highest BCUT2D eigenvalue weighted by atomic mass is 16.2. The standard InChI is InChI=1S/C24H35N7O3/c1-24(2,26)22(33)27-19-7-5-17(6-8-19)21(32)28-20-11-16-31(23(34)29-20)13-4-3-12-30-14-9-18(25)10-15-30/h5-8,11,16,18H,3-4,9-10,12-15,25-26H2,1-2H3,(H,27,33)(H,28,29,32,34). The highest BCUT2D eigenvalue weighted by Crippen LogP contribution is 2.13. The lowest BCUT2D eigenvalue weighted by Gasteiger charge is -2.29. The number of carbonyl (C=O) groups excluding carboxylic acids is 2. The third kappa shape index (κ3) is 7.47. The molecule has 6 N–H and O–H groups in total. The third-order valence-corrected chi connectivity index (χ3v) is 5.86. The van der Waals surface area contributed by atoms with Gasteiger partial charge in [0.05, 0.1) is 5.54 Å². The SMILES string of the molecule is CC(C)(N)C(=O)Nc1ccc(C(=O)Nc2ccn(CCCCN3CCC(N)CC3)c(=O)n2)cc1. The van der Waals surface area contributed by atoms with E-state index >= 15 is 0 Å². The summed E-state index contributed by atoms with van der Waals surface area (Å²) >= 11 is 0. The van der Waals surface area contributed by atoms with Gasteiger partial charge in [-0.25, -0.2) is 4.79 Å². The first-order chi connectivity index (χ1) is 16.1. The number of amides is 2. The van der Waals surface area contributed by atoms with E-state index in [2.05, 4.69) is 20.5 Å². The summed E-state index contributed by atoms with van der Waals surface area (Å²) in [5.74, 6) is -0.535. The molecule has 0 aliphatic carbocycles. The molecule has 1 aromatic carbocycles. The molecule has 2 heterocycles. The molecule has 2 amide bonds. The van der Waals surface area contributed by atoms with Gasteiger partial charge in [-0.1, -0.05) is 0 Å². The molecule has 0 bridgehead atoms. The zero-order valence-electron chi connectivity index (χ0n) is 19.9. The van der Waals surface area contributed by atoms with Crippen molar-refractivity contribution in [1.29, 1.82) is 0 Å². The maximum Gasteiger partial charge on any atom is 0.349 e. The second-order valence-electron chi connectivity index (χ2n) is 9.38. The van der Waals surface area contributed by atoms with Crippen LogP contribution in [0.1, 0.15) is 49.9 Å². The zero-order valence-corrected chi connectivity index (χ0v) is 19.9. The largest absolute Gasteiger partial charge is 0.349 e. The fourth-order valence-corrected chi connectivity index (χ4v) is 3.65. The predicted molar refractivity (Wildman–Crippen MR) is 133 cm³/mol. The van der Waals surface area contributed by atoms with Gasteiger partial charge < -0.3 is 27.0 Å². The van der Waals surface area contributed by atoms with Crippen molar-refractivity contribution in [2.75, 3.05) is 30.3 Å². The van der Waals surface area contributed by atoms with E-state index in [9.17, 15) is 14.4 Å². The Hall–Kier alpha value is -3.08. The molecule has 3 rings (SSSR count). The Kier molecular flexibility index (Phi) is 8.54. The van der Waals surface area contributed by atoms with E-state index in [-0.39, 0.29) is 11.7 Å². The summed E-state index contributed by atoms with van der Waals surface area (Å²) in [5.41, 5.74) is 11.2. The molecule has 0 saturated carbocycles. The molecule has 2 aromatic rings. The van der Waals surface area contributed by atoms with Crippen molar-refractivity contribution in [3.63, 3.8) is 0 Å². The molecule has 1 aliphatic rings. The number of aryl methyl sites for hydroxylation is 1. The number of likely N-dealkylation sites (tertiary alicyclic amines) is 1. The lowest BCUT2D eigenvalue weighted by molar-refractivity contribution is -0.120. The zero-order chi connectivity index (χ0) is 24.7. The average Bonchev–Trinajstić information content (AvgIpc) is 2.79. The number of hydrogen-bond donors (Lipinski definition) is 4. The first-order valence-corrected chi connectivity index (χ1v) is 11.7. The minimum absolute atomic E-state index is 0.193. The molecule has 184 valence electrons. The summed E-state index contributed by atoms with van der Waals surface area (Å²) in [6.45, 7) is 6.89. The summed E-state index contributed by atoms with van der Waals surface area (Å²) in [6.07, 6.45) is 5.62. The molecule has 0 radical (unpaired) electrons. The van der Waals surface area contributed by atoms with Crippen LogP contribution in [0.3, 0.4) is 0 Å². The summed E-state index contributed by atoms with van der Waals surface area (Å²) < 4.78 is 1.55. The van der Waals surface area contributed by atoms with Crippen molar-refractivity contribution < 1.29 is 9.59 Å². The van der Waals surface area contributed by atoms with Gasteiger partial charge in [0.15, 0.2) is 0 Å². The van der Waals surface area contributed by atoms with Gasteiger partial charge in [0.2, 0.25) is 5.91 Å². The van der Waals surface area contributed by atoms with E-state index in [1.165, 1.54) is 0 Å².